The van der Waals surface area contributed by atoms with Gasteiger partial charge in [-0.3, -0.25) is 4.79 Å². The fourth-order valence-corrected chi connectivity index (χ4v) is 2.74. The van der Waals surface area contributed by atoms with E-state index in [9.17, 15) is 4.79 Å². The number of ketones is 1. The lowest BCUT2D eigenvalue weighted by Crippen LogP contribution is -2.16. The van der Waals surface area contributed by atoms with Crippen LogP contribution in [0.3, 0.4) is 0 Å². The molecule has 27 heavy (non-hydrogen) atoms. The Kier molecular flexibility index (Phi) is 7.25. The topological polar surface area (TPSA) is 53.9 Å². The summed E-state index contributed by atoms with van der Waals surface area (Å²) in [6.07, 6.45) is 1.80. The van der Waals surface area contributed by atoms with Gasteiger partial charge in [-0.1, -0.05) is 11.6 Å². The SMILES string of the molecule is CCN(C)/C=N\c1cc(C)c(C(=O)CNc2cc(Cl)ccc2OC)cc1C. The Bertz CT molecular complexity index is 850. The van der Waals surface area contributed by atoms with Gasteiger partial charge in [-0.05, 0) is 62.2 Å². The minimum atomic E-state index is -0.00108. The average molecular weight is 388 g/mol. The van der Waals surface area contributed by atoms with Crippen molar-refractivity contribution in [3.05, 3.63) is 52.0 Å². The Balaban J connectivity index is 2.16. The van der Waals surface area contributed by atoms with Crippen LogP contribution in [0.1, 0.15) is 28.4 Å². The molecule has 0 saturated carbocycles. The number of ether oxygens (including phenoxy) is 1. The molecule has 0 spiro atoms. The molecular weight excluding hydrogens is 362 g/mol. The van der Waals surface area contributed by atoms with Crippen LogP contribution in [0.4, 0.5) is 11.4 Å². The van der Waals surface area contributed by atoms with Crippen LogP contribution in [0, 0.1) is 13.8 Å². The third-order valence-electron chi connectivity index (χ3n) is 4.34. The van der Waals surface area contributed by atoms with Gasteiger partial charge in [-0.15, -0.1) is 0 Å². The van der Waals surface area contributed by atoms with E-state index in [0.717, 1.165) is 23.4 Å². The molecule has 2 aromatic rings. The second-order valence-corrected chi connectivity index (χ2v) is 6.83. The molecule has 0 amide bonds. The van der Waals surface area contributed by atoms with E-state index >= 15 is 0 Å². The molecule has 0 heterocycles. The number of carbonyl (C=O) groups is 1. The maximum absolute atomic E-state index is 12.7. The number of carbonyl (C=O) groups excluding carboxylic acids is 1. The van der Waals surface area contributed by atoms with E-state index < -0.39 is 0 Å². The molecule has 144 valence electrons. The summed E-state index contributed by atoms with van der Waals surface area (Å²) in [5, 5.41) is 3.70. The second kappa shape index (κ2) is 9.42. The Morgan fingerprint density at radius 2 is 2.00 bits per heavy atom. The highest BCUT2D eigenvalue weighted by molar-refractivity contribution is 6.31. The number of anilines is 1. The smallest absolute Gasteiger partial charge is 0.182 e. The van der Waals surface area contributed by atoms with E-state index in [2.05, 4.69) is 17.2 Å². The quantitative estimate of drug-likeness (QED) is 0.398. The summed E-state index contributed by atoms with van der Waals surface area (Å²) in [4.78, 5) is 19.2. The molecule has 5 nitrogen and oxygen atoms in total. The first-order valence-corrected chi connectivity index (χ1v) is 9.19. The number of hydrogen-bond donors (Lipinski definition) is 1. The van der Waals surface area contributed by atoms with Crippen LogP contribution >= 0.6 is 11.6 Å². The summed E-state index contributed by atoms with van der Waals surface area (Å²) < 4.78 is 5.30. The highest BCUT2D eigenvalue weighted by Gasteiger charge is 2.13. The first-order chi connectivity index (χ1) is 12.8. The van der Waals surface area contributed by atoms with Gasteiger partial charge in [0.15, 0.2) is 5.78 Å². The van der Waals surface area contributed by atoms with Gasteiger partial charge in [0, 0.05) is 24.2 Å². The molecular formula is C21H26ClN3O2. The highest BCUT2D eigenvalue weighted by atomic mass is 35.5. The normalized spacial score (nSPS) is 10.9. The van der Waals surface area contributed by atoms with Crippen LogP contribution in [0.15, 0.2) is 35.3 Å². The Morgan fingerprint density at radius 3 is 2.67 bits per heavy atom. The van der Waals surface area contributed by atoms with Crippen molar-refractivity contribution >= 4 is 35.1 Å². The van der Waals surface area contributed by atoms with Crippen molar-refractivity contribution < 1.29 is 9.53 Å². The van der Waals surface area contributed by atoms with Gasteiger partial charge in [-0.25, -0.2) is 4.99 Å². The number of hydrogen-bond acceptors (Lipinski definition) is 4. The van der Waals surface area contributed by atoms with Gasteiger partial charge in [0.2, 0.25) is 0 Å². The first-order valence-electron chi connectivity index (χ1n) is 8.82. The average Bonchev–Trinajstić information content (AvgIpc) is 2.66. The summed E-state index contributed by atoms with van der Waals surface area (Å²) in [6.45, 7) is 6.99. The molecule has 2 rings (SSSR count). The number of aliphatic imine (C=N–C) groups is 1. The van der Waals surface area contributed by atoms with Gasteiger partial charge in [0.25, 0.3) is 0 Å². The molecule has 0 saturated heterocycles. The Morgan fingerprint density at radius 1 is 1.26 bits per heavy atom. The van der Waals surface area contributed by atoms with Crippen LogP contribution in [0.25, 0.3) is 0 Å². The minimum Gasteiger partial charge on any atom is -0.495 e. The van der Waals surface area contributed by atoms with Crippen LogP contribution in [0.5, 0.6) is 5.75 Å². The molecule has 0 fully saturated rings. The minimum absolute atomic E-state index is 0.00108. The summed E-state index contributed by atoms with van der Waals surface area (Å²) in [7, 11) is 3.55. The summed E-state index contributed by atoms with van der Waals surface area (Å²) in [5.41, 5.74) is 4.11. The van der Waals surface area contributed by atoms with Crippen molar-refractivity contribution in [2.75, 3.05) is 32.6 Å². The molecule has 2 aromatic carbocycles. The molecule has 1 N–H and O–H groups in total. The number of Topliss-reactive ketones (excluding diaryl/α,β-unsaturated/α-hetero) is 1. The zero-order valence-corrected chi connectivity index (χ0v) is 17.2. The zero-order chi connectivity index (χ0) is 20.0. The predicted molar refractivity (Wildman–Crippen MR) is 113 cm³/mol. The van der Waals surface area contributed by atoms with Gasteiger partial charge in [-0.2, -0.15) is 0 Å². The monoisotopic (exact) mass is 387 g/mol. The molecule has 0 radical (unpaired) electrons. The Hall–Kier alpha value is -2.53. The number of methoxy groups -OCH3 is 1. The lowest BCUT2D eigenvalue weighted by atomic mass is 10.0. The van der Waals surface area contributed by atoms with Gasteiger partial charge < -0.3 is 15.0 Å². The van der Waals surface area contributed by atoms with Gasteiger partial charge >= 0.3 is 0 Å². The molecule has 0 unspecified atom stereocenters. The van der Waals surface area contributed by atoms with Gasteiger partial charge in [0.1, 0.15) is 5.75 Å². The van der Waals surface area contributed by atoms with E-state index in [1.807, 2.05) is 37.9 Å². The van der Waals surface area contributed by atoms with Crippen molar-refractivity contribution in [2.24, 2.45) is 4.99 Å². The number of rotatable bonds is 8. The number of nitrogens with one attached hydrogen (secondary N) is 1. The van der Waals surface area contributed by atoms with Gasteiger partial charge in [0.05, 0.1) is 31.4 Å². The Labute approximate surface area is 166 Å². The number of aryl methyl sites for hydroxylation is 2. The molecule has 0 aliphatic rings. The predicted octanol–water partition coefficient (Wildman–Crippen LogP) is 4.87. The van der Waals surface area contributed by atoms with Crippen molar-refractivity contribution in [3.63, 3.8) is 0 Å². The number of benzene rings is 2. The summed E-state index contributed by atoms with van der Waals surface area (Å²) >= 11 is 6.03. The maximum atomic E-state index is 12.7. The molecule has 0 aliphatic carbocycles. The third kappa shape index (κ3) is 5.47. The molecule has 0 atom stereocenters. The van der Waals surface area contributed by atoms with E-state index in [4.69, 9.17) is 16.3 Å². The van der Waals surface area contributed by atoms with Crippen molar-refractivity contribution in [1.82, 2.24) is 4.90 Å². The number of nitrogens with zero attached hydrogens (tertiary/aromatic N) is 2. The molecule has 0 aliphatic heterocycles. The fraction of sp³-hybridized carbons (Fsp3) is 0.333. The third-order valence-corrected chi connectivity index (χ3v) is 4.57. The lowest BCUT2D eigenvalue weighted by Gasteiger charge is -2.13. The van der Waals surface area contributed by atoms with E-state index in [-0.39, 0.29) is 12.3 Å². The molecule has 0 aromatic heterocycles. The van der Waals surface area contributed by atoms with Crippen LogP contribution in [0.2, 0.25) is 5.02 Å². The molecule has 0 bridgehead atoms. The first kappa shape index (κ1) is 20.8. The van der Waals surface area contributed by atoms with Crippen molar-refractivity contribution in [2.45, 2.75) is 20.8 Å². The van der Waals surface area contributed by atoms with Crippen molar-refractivity contribution in [3.8, 4) is 5.75 Å². The largest absolute Gasteiger partial charge is 0.495 e. The lowest BCUT2D eigenvalue weighted by molar-refractivity contribution is 0.101. The van der Waals surface area contributed by atoms with Crippen molar-refractivity contribution in [1.29, 1.82) is 0 Å². The van der Waals surface area contributed by atoms with Crippen LogP contribution < -0.4 is 10.1 Å². The van der Waals surface area contributed by atoms with E-state index in [0.29, 0.717) is 22.0 Å². The highest BCUT2D eigenvalue weighted by Crippen LogP contribution is 2.28. The second-order valence-electron chi connectivity index (χ2n) is 6.39. The maximum Gasteiger partial charge on any atom is 0.182 e. The number of halogens is 1. The summed E-state index contributed by atoms with van der Waals surface area (Å²) in [6, 6.07) is 9.10. The van der Waals surface area contributed by atoms with E-state index in [1.165, 1.54) is 0 Å². The zero-order valence-electron chi connectivity index (χ0n) is 16.5. The van der Waals surface area contributed by atoms with Crippen LogP contribution in [-0.4, -0.2) is 44.3 Å². The standard InChI is InChI=1S/C21H26ClN3O2/c1-6-25(4)13-24-18-10-14(2)17(9-15(18)3)20(26)12-23-19-11-16(22)7-8-21(19)27-5/h7-11,13,23H,6,12H2,1-5H3/b24-13-. The summed E-state index contributed by atoms with van der Waals surface area (Å²) in [5.74, 6) is 0.642. The van der Waals surface area contributed by atoms with Crippen LogP contribution in [-0.2, 0) is 0 Å². The van der Waals surface area contributed by atoms with E-state index in [1.54, 1.807) is 31.6 Å². The fourth-order valence-electron chi connectivity index (χ4n) is 2.57. The molecule has 6 heteroatoms.